The van der Waals surface area contributed by atoms with Crippen molar-refractivity contribution in [2.45, 2.75) is 46.2 Å². The van der Waals surface area contributed by atoms with Gasteiger partial charge in [0.1, 0.15) is 6.04 Å². The van der Waals surface area contributed by atoms with Gasteiger partial charge in [0.25, 0.3) is 5.91 Å². The van der Waals surface area contributed by atoms with E-state index >= 15 is 0 Å². The number of benzene rings is 1. The number of nitrogens with zero attached hydrogens (tertiary/aromatic N) is 1. The van der Waals surface area contributed by atoms with E-state index < -0.39 is 17.9 Å². The molecule has 23 heavy (non-hydrogen) atoms. The zero-order valence-electron chi connectivity index (χ0n) is 17.8. The van der Waals surface area contributed by atoms with E-state index in [1.165, 1.54) is 10.2 Å². The zero-order valence-corrected chi connectivity index (χ0v) is 13.8. The van der Waals surface area contributed by atoms with Crippen molar-refractivity contribution in [3.63, 3.8) is 0 Å². The number of hydrogen-bond donors (Lipinski definition) is 2. The second-order valence-corrected chi connectivity index (χ2v) is 6.13. The highest BCUT2D eigenvalue weighted by molar-refractivity contribution is 6.07. The van der Waals surface area contributed by atoms with Crippen molar-refractivity contribution < 1.29 is 63.0 Å². The summed E-state index contributed by atoms with van der Waals surface area (Å²) < 4.78 is 25.6. The molecule has 3 amide bonds. The summed E-state index contributed by atoms with van der Waals surface area (Å²) in [7, 11) is 1.61. The monoisotopic (exact) mass is 382 g/mol. The molecule has 1 fully saturated rings. The minimum absolute atomic E-state index is 0. The van der Waals surface area contributed by atoms with Crippen molar-refractivity contribution in [3.05, 3.63) is 27.8 Å². The lowest BCUT2D eigenvalue weighted by molar-refractivity contribution is -0.136. The van der Waals surface area contributed by atoms with Gasteiger partial charge in [0.15, 0.2) is 2.82 Å². The summed E-state index contributed by atoms with van der Waals surface area (Å²) >= 11 is 0. The van der Waals surface area contributed by atoms with Crippen LogP contribution < -0.4 is 10.6 Å². The van der Waals surface area contributed by atoms with Gasteiger partial charge in [-0.15, -0.1) is 0 Å². The van der Waals surface area contributed by atoms with Crippen LogP contribution in [0.2, 0.25) is 2.82 Å². The third-order valence-electron chi connectivity index (χ3n) is 5.00. The van der Waals surface area contributed by atoms with E-state index in [-0.39, 0.29) is 68.1 Å². The van der Waals surface area contributed by atoms with E-state index in [1.54, 1.807) is 7.05 Å². The van der Waals surface area contributed by atoms with E-state index in [1.807, 2.05) is 20.8 Å². The Hall–Kier alpha value is -2.37. The number of hydrogen-bond acceptors (Lipinski definition) is 4. The molecule has 2 heterocycles. The highest BCUT2D eigenvalue weighted by Gasteiger charge is 2.41. The Balaban J connectivity index is -0.00000000894. The first kappa shape index (κ1) is 12.1. The minimum Gasteiger partial charge on any atom is -0.388 e. The molecule has 3 rings (SSSR count). The van der Waals surface area contributed by atoms with E-state index in [9.17, 15) is 14.4 Å². The summed E-state index contributed by atoms with van der Waals surface area (Å²) in [6.07, 6.45) is 0.304. The first-order valence-electron chi connectivity index (χ1n) is 9.58. The van der Waals surface area contributed by atoms with Crippen molar-refractivity contribution in [1.29, 1.82) is 0 Å². The second kappa shape index (κ2) is 5.37. The molecule has 2 aliphatic heterocycles. The van der Waals surface area contributed by atoms with E-state index in [2.05, 4.69) is 0 Å². The lowest BCUT2D eigenvalue weighted by Gasteiger charge is -2.29. The number of fused-ring (bicyclic) bond motifs is 1. The maximum atomic E-state index is 13.0. The summed E-state index contributed by atoms with van der Waals surface area (Å²) in [6, 6.07) is -0.806. The minimum atomic E-state index is -0.806. The van der Waals surface area contributed by atoms with Crippen LogP contribution in [0.1, 0.15) is 91.2 Å². The van der Waals surface area contributed by atoms with Crippen molar-refractivity contribution >= 4 is 23.4 Å². The van der Waals surface area contributed by atoms with Crippen molar-refractivity contribution in [1.82, 2.24) is 10.2 Å². The normalized spacial score (nSPS) is 22.6. The summed E-state index contributed by atoms with van der Waals surface area (Å²) in [6.45, 7) is 5.93. The number of rotatable bonds is 2. The summed E-state index contributed by atoms with van der Waals surface area (Å²) in [4.78, 5) is 38.3. The summed E-state index contributed by atoms with van der Waals surface area (Å²) in [5.41, 5.74) is 4.71. The molecule has 0 saturated carbocycles. The molecule has 2 N–H and O–H groups in total. The Morgan fingerprint density at radius 3 is 2.70 bits per heavy atom. The molecule has 0 bridgehead atoms. The summed E-state index contributed by atoms with van der Waals surface area (Å²) in [5.74, 6) is -1.47. The molecular weight excluding hydrogens is 294 g/mol. The van der Waals surface area contributed by atoms with Gasteiger partial charge < -0.3 is 10.2 Å². The predicted octanol–water partition coefficient (Wildman–Crippen LogP) is 9.04. The highest BCUT2D eigenvalue weighted by Crippen LogP contribution is 2.38. The molecule has 0 spiro atoms. The number of amides is 3. The fourth-order valence-corrected chi connectivity index (χ4v) is 3.53. The number of piperidine rings is 1. The topological polar surface area (TPSA) is 78.5 Å². The first-order chi connectivity index (χ1) is 12.7. The highest BCUT2D eigenvalue weighted by atomic mass is 16.2. The van der Waals surface area contributed by atoms with Crippen molar-refractivity contribution in [2.24, 2.45) is 0 Å². The average Bonchev–Trinajstić information content (AvgIpc) is 2.96. The maximum Gasteiger partial charge on any atom is 0.255 e. The van der Waals surface area contributed by atoms with Crippen LogP contribution in [0.4, 0.5) is 5.69 Å². The van der Waals surface area contributed by atoms with Crippen molar-refractivity contribution in [3.8, 4) is 0 Å². The largest absolute Gasteiger partial charge is 0.388 e. The van der Waals surface area contributed by atoms with Crippen LogP contribution in [0.15, 0.2) is 0 Å². The van der Waals surface area contributed by atoms with Gasteiger partial charge in [-0.2, -0.15) is 0 Å². The van der Waals surface area contributed by atoms with Crippen molar-refractivity contribution in [2.75, 3.05) is 12.4 Å². The van der Waals surface area contributed by atoms with E-state index in [0.29, 0.717) is 16.6 Å². The zero-order chi connectivity index (χ0) is 20.6. The molecule has 1 unspecified atom stereocenters. The van der Waals surface area contributed by atoms with E-state index in [0.717, 1.165) is 22.3 Å². The van der Waals surface area contributed by atoms with Crippen LogP contribution in [-0.2, 0) is 16.1 Å². The molecule has 0 radical (unpaired) electrons. The Morgan fingerprint density at radius 2 is 2.04 bits per heavy atom. The van der Waals surface area contributed by atoms with Gasteiger partial charge >= 0.3 is 0 Å². The molecule has 2 aliphatic rings. The molecule has 1 aromatic carbocycles. The fraction of sp³-hybridized carbons (Fsp3) is 0.471. The number of imide groups is 1. The van der Waals surface area contributed by atoms with Crippen LogP contribution in [0, 0.1) is 20.8 Å². The Morgan fingerprint density at radius 1 is 1.35 bits per heavy atom. The predicted molar refractivity (Wildman–Crippen MR) is 152 cm³/mol. The molecular formula is C17H83N3O3. The lowest BCUT2D eigenvalue weighted by Crippen LogP contribution is -2.52. The standard InChI is InChI=1S/C17H21N3O3.31H2/c1-8-9(2)14-11(15(18-4)10(8)3)7-20(17(14)23)12-5-6-13(21)19-16(12)22;;;;;;;;;;;;;;;;;;;;;;;;;;;;;;;/h12,18H,5-7H2,1-4H3,(H,19,21,22);31*1H/i;1+1D;;;;;;;;;;;;;;;;;;;;;;;;;;;;;;/hD2. The number of carbonyl (C=O) groups excluding carboxylic acids is 3. The third-order valence-corrected chi connectivity index (χ3v) is 5.00. The molecule has 184 valence electrons. The Labute approximate surface area is 185 Å². The molecule has 1 atom stereocenters. The average molecular weight is 382 g/mol. The number of anilines is 1. The van der Waals surface area contributed by atoms with Crippen LogP contribution in [0.5, 0.6) is 0 Å². The molecule has 1 saturated heterocycles. The maximum absolute atomic E-state index is 13.0. The Bertz CT molecular complexity index is 852. The molecule has 1 aromatic rings. The lowest BCUT2D eigenvalue weighted by atomic mass is 9.93. The first-order valence-corrected chi connectivity index (χ1v) is 7.68. The van der Waals surface area contributed by atoms with Crippen LogP contribution in [-0.4, -0.2) is 35.7 Å². The van der Waals surface area contributed by atoms with Gasteiger partial charge in [-0.05, 0) is 43.9 Å². The number of nitrogens with one attached hydrogen (secondary N) is 2. The number of carbonyl (C=O) groups is 3. The third kappa shape index (κ3) is 2.20. The van der Waals surface area contributed by atoms with E-state index in [4.69, 9.17) is 5.79 Å². The summed E-state index contributed by atoms with van der Waals surface area (Å²) in [5, 5.41) is 1.62. The second-order valence-electron chi connectivity index (χ2n) is 6.13. The van der Waals surface area contributed by atoms with Gasteiger partial charge in [-0.25, -0.2) is 0 Å². The van der Waals surface area contributed by atoms with Gasteiger partial charge in [0.2, 0.25) is 11.8 Å². The quantitative estimate of drug-likeness (QED) is 0.500. The molecule has 0 aliphatic carbocycles. The van der Waals surface area contributed by atoms with Gasteiger partial charge in [-0.3, -0.25) is 19.7 Å². The van der Waals surface area contributed by atoms with Gasteiger partial charge in [0, 0.05) is 82.6 Å². The molecule has 6 heteroatoms. The smallest absolute Gasteiger partial charge is 0.255 e. The molecule has 0 aromatic heterocycles. The van der Waals surface area contributed by atoms with Crippen LogP contribution in [0.25, 0.3) is 0 Å². The van der Waals surface area contributed by atoms with Gasteiger partial charge in [-0.1, -0.05) is 0 Å². The molecule has 6 nitrogen and oxygen atoms in total. The van der Waals surface area contributed by atoms with Gasteiger partial charge in [0.05, 0.1) is 0 Å². The van der Waals surface area contributed by atoms with Crippen LogP contribution in [0.3, 0.4) is 0 Å². The Kier molecular flexibility index (Phi) is 2.82. The SMILES string of the molecule is [2H]N1C(=O)CCC(N2Cc3c(c(C)c(C)c(C)c3N([2H])C)C2=O)C1=O.[2H][2H].[HH].[HH].[HH].[HH].[HH].[HH].[HH].[HH].[HH].[HH].[HH].[HH].[HH].[HH].[HH].[HH].[HH].[HH].[HH].[HH].[HH].[HH].[HH].[HH].[HH].[HH].[HH].[HH].[HH].[HH]. The fourth-order valence-electron chi connectivity index (χ4n) is 3.53. The van der Waals surface area contributed by atoms with Crippen LogP contribution >= 0.6 is 0 Å².